The topological polar surface area (TPSA) is 110 Å². The van der Waals surface area contributed by atoms with Gasteiger partial charge in [-0.15, -0.1) is 0 Å². The van der Waals surface area contributed by atoms with Gasteiger partial charge in [0, 0.05) is 11.3 Å². The molecular weight excluding hydrogens is 366 g/mol. The molecule has 8 heteroatoms. The molecule has 144 valence electrons. The third-order valence-electron chi connectivity index (χ3n) is 3.97. The van der Waals surface area contributed by atoms with Crippen molar-refractivity contribution in [1.29, 1.82) is 0 Å². The molecule has 0 radical (unpaired) electrons. The van der Waals surface area contributed by atoms with E-state index in [-0.39, 0.29) is 12.5 Å². The number of nitrogens with zero attached hydrogens (tertiary/aromatic N) is 1. The molecule has 0 aromatic heterocycles. The number of sulfonamides is 1. The van der Waals surface area contributed by atoms with Gasteiger partial charge in [-0.2, -0.15) is 0 Å². The fraction of sp³-hybridized carbons (Fsp3) is 0.263. The number of benzene rings is 2. The average molecular weight is 389 g/mol. The van der Waals surface area contributed by atoms with Gasteiger partial charge in [-0.05, 0) is 41.8 Å². The standard InChI is InChI=1S/C19H23N3O4S/c1-13(2)16-6-4-5-7-17(16)22(27(3,25)26)12-18(23)21-15-10-8-14(9-11-15)19(20)24/h4-11,13H,12H2,1-3H3,(H2,20,24)(H,21,23). The van der Waals surface area contributed by atoms with Crippen LogP contribution in [0.15, 0.2) is 48.5 Å². The Bertz CT molecular complexity index is 938. The van der Waals surface area contributed by atoms with Crippen molar-refractivity contribution in [3.05, 3.63) is 59.7 Å². The monoisotopic (exact) mass is 389 g/mol. The second-order valence-corrected chi connectivity index (χ2v) is 8.38. The molecule has 0 bridgehead atoms. The smallest absolute Gasteiger partial charge is 0.248 e. The molecule has 0 saturated heterocycles. The number of rotatable bonds is 7. The zero-order valence-electron chi connectivity index (χ0n) is 15.5. The van der Waals surface area contributed by atoms with Gasteiger partial charge in [-0.3, -0.25) is 13.9 Å². The van der Waals surface area contributed by atoms with Crippen LogP contribution in [0.4, 0.5) is 11.4 Å². The van der Waals surface area contributed by atoms with Crippen LogP contribution in [0.5, 0.6) is 0 Å². The van der Waals surface area contributed by atoms with Crippen molar-refractivity contribution >= 4 is 33.2 Å². The average Bonchev–Trinajstić information content (AvgIpc) is 2.59. The van der Waals surface area contributed by atoms with Crippen LogP contribution in [0.3, 0.4) is 0 Å². The van der Waals surface area contributed by atoms with E-state index < -0.39 is 21.8 Å². The third-order valence-corrected chi connectivity index (χ3v) is 5.09. The molecule has 0 aliphatic carbocycles. The maximum absolute atomic E-state index is 12.4. The second-order valence-electron chi connectivity index (χ2n) is 6.47. The summed E-state index contributed by atoms with van der Waals surface area (Å²) in [5, 5.41) is 2.63. The van der Waals surface area contributed by atoms with Gasteiger partial charge in [0.2, 0.25) is 21.8 Å². The molecule has 2 amide bonds. The first-order valence-electron chi connectivity index (χ1n) is 8.36. The third kappa shape index (κ3) is 5.30. The minimum Gasteiger partial charge on any atom is -0.366 e. The summed E-state index contributed by atoms with van der Waals surface area (Å²) in [6.45, 7) is 3.56. The van der Waals surface area contributed by atoms with E-state index in [1.165, 1.54) is 24.3 Å². The molecule has 3 N–H and O–H groups in total. The van der Waals surface area contributed by atoms with Gasteiger partial charge in [-0.1, -0.05) is 32.0 Å². The number of nitrogens with one attached hydrogen (secondary N) is 1. The quantitative estimate of drug-likeness (QED) is 0.757. The summed E-state index contributed by atoms with van der Waals surface area (Å²) in [6.07, 6.45) is 1.07. The minimum absolute atomic E-state index is 0.0925. The van der Waals surface area contributed by atoms with E-state index in [4.69, 9.17) is 5.73 Å². The van der Waals surface area contributed by atoms with Gasteiger partial charge < -0.3 is 11.1 Å². The van der Waals surface area contributed by atoms with Crippen LogP contribution in [0.1, 0.15) is 35.7 Å². The van der Waals surface area contributed by atoms with Gasteiger partial charge in [0.15, 0.2) is 0 Å². The molecule has 0 atom stereocenters. The number of anilines is 2. The van der Waals surface area contributed by atoms with E-state index in [9.17, 15) is 18.0 Å². The predicted molar refractivity (Wildman–Crippen MR) is 106 cm³/mol. The molecule has 0 saturated carbocycles. The van der Waals surface area contributed by atoms with Crippen LogP contribution in [0, 0.1) is 0 Å². The van der Waals surface area contributed by atoms with E-state index >= 15 is 0 Å². The summed E-state index contributed by atoms with van der Waals surface area (Å²) in [7, 11) is -3.67. The lowest BCUT2D eigenvalue weighted by Gasteiger charge is -2.25. The van der Waals surface area contributed by atoms with Crippen molar-refractivity contribution in [1.82, 2.24) is 0 Å². The molecule has 0 aliphatic heterocycles. The van der Waals surface area contributed by atoms with Crippen LogP contribution in [0.2, 0.25) is 0 Å². The highest BCUT2D eigenvalue weighted by Gasteiger charge is 2.24. The lowest BCUT2D eigenvalue weighted by atomic mass is 10.0. The molecule has 0 fully saturated rings. The molecule has 0 heterocycles. The van der Waals surface area contributed by atoms with Gasteiger partial charge in [-0.25, -0.2) is 8.42 Å². The Hall–Kier alpha value is -2.87. The van der Waals surface area contributed by atoms with Crippen molar-refractivity contribution in [3.8, 4) is 0 Å². The molecule has 7 nitrogen and oxygen atoms in total. The number of primary amides is 1. The summed E-state index contributed by atoms with van der Waals surface area (Å²) in [4.78, 5) is 23.5. The number of nitrogens with two attached hydrogens (primary N) is 1. The highest BCUT2D eigenvalue weighted by atomic mass is 32.2. The van der Waals surface area contributed by atoms with Crippen molar-refractivity contribution in [2.75, 3.05) is 22.4 Å². The molecule has 2 aromatic rings. The number of hydrogen-bond donors (Lipinski definition) is 2. The Morgan fingerprint density at radius 3 is 2.19 bits per heavy atom. The maximum atomic E-state index is 12.4. The fourth-order valence-electron chi connectivity index (χ4n) is 2.63. The molecular formula is C19H23N3O4S. The van der Waals surface area contributed by atoms with Crippen LogP contribution >= 0.6 is 0 Å². The molecule has 27 heavy (non-hydrogen) atoms. The molecule has 2 aromatic carbocycles. The normalized spacial score (nSPS) is 11.3. The van der Waals surface area contributed by atoms with Crippen molar-refractivity contribution in [2.45, 2.75) is 19.8 Å². The molecule has 0 aliphatic rings. The zero-order chi connectivity index (χ0) is 20.2. The summed E-state index contributed by atoms with van der Waals surface area (Å²) in [6, 6.07) is 13.1. The van der Waals surface area contributed by atoms with Gasteiger partial charge in [0.25, 0.3) is 0 Å². The highest BCUT2D eigenvalue weighted by molar-refractivity contribution is 7.92. The fourth-order valence-corrected chi connectivity index (χ4v) is 3.51. The van der Waals surface area contributed by atoms with Crippen LogP contribution in [-0.2, 0) is 14.8 Å². The lowest BCUT2D eigenvalue weighted by molar-refractivity contribution is -0.114. The minimum atomic E-state index is -3.67. The molecule has 2 rings (SSSR count). The summed E-state index contributed by atoms with van der Waals surface area (Å²) >= 11 is 0. The van der Waals surface area contributed by atoms with Gasteiger partial charge in [0.05, 0.1) is 11.9 Å². The van der Waals surface area contributed by atoms with Crippen molar-refractivity contribution in [2.24, 2.45) is 5.73 Å². The summed E-state index contributed by atoms with van der Waals surface area (Å²) in [5.74, 6) is -0.970. The van der Waals surface area contributed by atoms with Gasteiger partial charge >= 0.3 is 0 Å². The van der Waals surface area contributed by atoms with E-state index in [0.29, 0.717) is 16.9 Å². The Labute approximate surface area is 159 Å². The number of hydrogen-bond acceptors (Lipinski definition) is 4. The molecule has 0 spiro atoms. The Morgan fingerprint density at radius 2 is 1.67 bits per heavy atom. The van der Waals surface area contributed by atoms with Gasteiger partial charge in [0.1, 0.15) is 6.54 Å². The van der Waals surface area contributed by atoms with Crippen molar-refractivity contribution in [3.63, 3.8) is 0 Å². The van der Waals surface area contributed by atoms with E-state index in [0.717, 1.165) is 16.1 Å². The van der Waals surface area contributed by atoms with Crippen LogP contribution in [-0.4, -0.2) is 33.0 Å². The first-order valence-corrected chi connectivity index (χ1v) is 10.2. The number of amides is 2. The number of para-hydroxylation sites is 1. The summed E-state index contributed by atoms with van der Waals surface area (Å²) in [5.41, 5.74) is 7.25. The van der Waals surface area contributed by atoms with E-state index in [1.807, 2.05) is 26.0 Å². The first kappa shape index (κ1) is 20.4. The first-order chi connectivity index (χ1) is 12.6. The van der Waals surface area contributed by atoms with E-state index in [1.54, 1.807) is 12.1 Å². The highest BCUT2D eigenvalue weighted by Crippen LogP contribution is 2.28. The molecule has 0 unspecified atom stereocenters. The Morgan fingerprint density at radius 1 is 1.07 bits per heavy atom. The number of carbonyl (C=O) groups is 2. The SMILES string of the molecule is CC(C)c1ccccc1N(CC(=O)Nc1ccc(C(N)=O)cc1)S(C)(=O)=O. The summed E-state index contributed by atoms with van der Waals surface area (Å²) < 4.78 is 25.7. The van der Waals surface area contributed by atoms with Crippen molar-refractivity contribution < 1.29 is 18.0 Å². The number of carbonyl (C=O) groups excluding carboxylic acids is 2. The largest absolute Gasteiger partial charge is 0.366 e. The van der Waals surface area contributed by atoms with Crippen LogP contribution in [0.25, 0.3) is 0 Å². The maximum Gasteiger partial charge on any atom is 0.248 e. The second kappa shape index (κ2) is 8.22. The Kier molecular flexibility index (Phi) is 6.22. The van der Waals surface area contributed by atoms with Crippen LogP contribution < -0.4 is 15.4 Å². The van der Waals surface area contributed by atoms with E-state index in [2.05, 4.69) is 5.32 Å². The Balaban J connectivity index is 2.25. The lowest BCUT2D eigenvalue weighted by Crippen LogP contribution is -2.38. The zero-order valence-corrected chi connectivity index (χ0v) is 16.3. The predicted octanol–water partition coefficient (Wildman–Crippen LogP) is 2.31.